The maximum absolute atomic E-state index is 8.58. The molecule has 0 N–H and O–H groups in total. The second-order valence-corrected chi connectivity index (χ2v) is 3.81. The van der Waals surface area contributed by atoms with Gasteiger partial charge in [-0.05, 0) is 25.8 Å². The Morgan fingerprint density at radius 1 is 1.50 bits per heavy atom. The van der Waals surface area contributed by atoms with Crippen molar-refractivity contribution in [1.82, 2.24) is 9.97 Å². The maximum atomic E-state index is 8.58. The van der Waals surface area contributed by atoms with Crippen LogP contribution < -0.4 is 0 Å². The average molecular weight is 187 g/mol. The maximum Gasteiger partial charge on any atom is 0.142 e. The standard InChI is InChI=1S/C11H13N3/c1-8-7-10(9-3-2-4-9)14-11(13-8)5-6-12/h7,9H,2-5H2,1H3. The number of aryl methyl sites for hydroxylation is 1. The van der Waals surface area contributed by atoms with Gasteiger partial charge in [-0.2, -0.15) is 5.26 Å². The van der Waals surface area contributed by atoms with E-state index >= 15 is 0 Å². The van der Waals surface area contributed by atoms with E-state index in [1.807, 2.05) is 13.0 Å². The Morgan fingerprint density at radius 2 is 2.29 bits per heavy atom. The van der Waals surface area contributed by atoms with Crippen LogP contribution in [0.15, 0.2) is 6.07 Å². The lowest BCUT2D eigenvalue weighted by Crippen LogP contribution is -2.12. The van der Waals surface area contributed by atoms with Gasteiger partial charge in [0.2, 0.25) is 0 Å². The monoisotopic (exact) mass is 187 g/mol. The van der Waals surface area contributed by atoms with E-state index in [0.29, 0.717) is 18.2 Å². The van der Waals surface area contributed by atoms with Gasteiger partial charge in [0.15, 0.2) is 0 Å². The second kappa shape index (κ2) is 3.75. The Bertz CT molecular complexity index is 375. The highest BCUT2D eigenvalue weighted by Crippen LogP contribution is 2.35. The molecular formula is C11H13N3. The van der Waals surface area contributed by atoms with Crippen LogP contribution in [-0.2, 0) is 6.42 Å². The van der Waals surface area contributed by atoms with Crippen molar-refractivity contribution in [1.29, 1.82) is 5.26 Å². The third-order valence-electron chi connectivity index (χ3n) is 2.68. The molecule has 1 heterocycles. The summed E-state index contributed by atoms with van der Waals surface area (Å²) < 4.78 is 0. The summed E-state index contributed by atoms with van der Waals surface area (Å²) in [6.07, 6.45) is 4.10. The molecular weight excluding hydrogens is 174 g/mol. The summed E-state index contributed by atoms with van der Waals surface area (Å²) in [5.74, 6) is 1.29. The quantitative estimate of drug-likeness (QED) is 0.712. The third-order valence-corrected chi connectivity index (χ3v) is 2.68. The Labute approximate surface area is 83.8 Å². The fourth-order valence-corrected chi connectivity index (χ4v) is 1.72. The first kappa shape index (κ1) is 9.14. The zero-order chi connectivity index (χ0) is 9.97. The van der Waals surface area contributed by atoms with E-state index in [9.17, 15) is 0 Å². The van der Waals surface area contributed by atoms with Crippen LogP contribution in [-0.4, -0.2) is 9.97 Å². The molecule has 1 aliphatic rings. The highest BCUT2D eigenvalue weighted by atomic mass is 14.9. The summed E-state index contributed by atoms with van der Waals surface area (Å²) in [6.45, 7) is 1.96. The molecule has 3 nitrogen and oxygen atoms in total. The molecule has 1 aromatic heterocycles. The zero-order valence-electron chi connectivity index (χ0n) is 8.32. The number of hydrogen-bond acceptors (Lipinski definition) is 3. The minimum Gasteiger partial charge on any atom is -0.237 e. The molecule has 0 unspecified atom stereocenters. The number of nitrogens with zero attached hydrogens (tertiary/aromatic N) is 3. The van der Waals surface area contributed by atoms with E-state index in [4.69, 9.17) is 5.26 Å². The summed E-state index contributed by atoms with van der Waals surface area (Å²) in [7, 11) is 0. The smallest absolute Gasteiger partial charge is 0.142 e. The molecule has 0 aliphatic heterocycles. The lowest BCUT2D eigenvalue weighted by molar-refractivity contribution is 0.409. The summed E-state index contributed by atoms with van der Waals surface area (Å²) in [5.41, 5.74) is 2.11. The first-order valence-corrected chi connectivity index (χ1v) is 5.01. The van der Waals surface area contributed by atoms with Crippen LogP contribution in [0.25, 0.3) is 0 Å². The van der Waals surface area contributed by atoms with Crippen molar-refractivity contribution in [2.24, 2.45) is 0 Å². The van der Waals surface area contributed by atoms with Crippen LogP contribution in [0, 0.1) is 18.3 Å². The summed E-state index contributed by atoms with van der Waals surface area (Å²) in [5, 5.41) is 8.58. The van der Waals surface area contributed by atoms with Gasteiger partial charge in [-0.15, -0.1) is 0 Å². The number of aromatic nitrogens is 2. The predicted molar refractivity (Wildman–Crippen MR) is 52.7 cm³/mol. The highest BCUT2D eigenvalue weighted by molar-refractivity contribution is 5.17. The Morgan fingerprint density at radius 3 is 2.86 bits per heavy atom. The van der Waals surface area contributed by atoms with Gasteiger partial charge in [0.25, 0.3) is 0 Å². The Kier molecular flexibility index (Phi) is 2.45. The van der Waals surface area contributed by atoms with Gasteiger partial charge in [0.1, 0.15) is 5.82 Å². The van der Waals surface area contributed by atoms with Crippen molar-refractivity contribution >= 4 is 0 Å². The summed E-state index contributed by atoms with van der Waals surface area (Å²) in [4.78, 5) is 8.64. The Hall–Kier alpha value is -1.43. The van der Waals surface area contributed by atoms with Crippen molar-refractivity contribution < 1.29 is 0 Å². The fourth-order valence-electron chi connectivity index (χ4n) is 1.72. The molecule has 1 saturated carbocycles. The van der Waals surface area contributed by atoms with E-state index < -0.39 is 0 Å². The zero-order valence-corrected chi connectivity index (χ0v) is 8.32. The Balaban J connectivity index is 2.27. The van der Waals surface area contributed by atoms with Crippen molar-refractivity contribution in [3.05, 3.63) is 23.3 Å². The lowest BCUT2D eigenvalue weighted by Gasteiger charge is -2.25. The summed E-state index contributed by atoms with van der Waals surface area (Å²) in [6, 6.07) is 4.13. The van der Waals surface area contributed by atoms with E-state index in [1.165, 1.54) is 19.3 Å². The van der Waals surface area contributed by atoms with E-state index in [1.54, 1.807) is 0 Å². The van der Waals surface area contributed by atoms with Gasteiger partial charge in [0.05, 0.1) is 12.5 Å². The second-order valence-electron chi connectivity index (χ2n) is 3.81. The number of hydrogen-bond donors (Lipinski definition) is 0. The van der Waals surface area contributed by atoms with Gasteiger partial charge < -0.3 is 0 Å². The van der Waals surface area contributed by atoms with Crippen LogP contribution in [0.4, 0.5) is 0 Å². The molecule has 0 radical (unpaired) electrons. The molecule has 1 aliphatic carbocycles. The van der Waals surface area contributed by atoms with Gasteiger partial charge in [-0.25, -0.2) is 9.97 Å². The van der Waals surface area contributed by atoms with Gasteiger partial charge in [-0.1, -0.05) is 6.42 Å². The molecule has 3 heteroatoms. The molecule has 14 heavy (non-hydrogen) atoms. The van der Waals surface area contributed by atoms with Crippen molar-refractivity contribution in [2.75, 3.05) is 0 Å². The van der Waals surface area contributed by atoms with Crippen LogP contribution in [0.3, 0.4) is 0 Å². The molecule has 2 rings (SSSR count). The van der Waals surface area contributed by atoms with Crippen molar-refractivity contribution in [3.63, 3.8) is 0 Å². The van der Waals surface area contributed by atoms with E-state index in [0.717, 1.165) is 11.4 Å². The third kappa shape index (κ3) is 1.74. The van der Waals surface area contributed by atoms with Gasteiger partial charge in [-0.3, -0.25) is 0 Å². The van der Waals surface area contributed by atoms with Crippen LogP contribution >= 0.6 is 0 Å². The van der Waals surface area contributed by atoms with Crippen molar-refractivity contribution in [2.45, 2.75) is 38.5 Å². The normalized spacial score (nSPS) is 16.0. The van der Waals surface area contributed by atoms with E-state index in [2.05, 4.69) is 16.0 Å². The topological polar surface area (TPSA) is 49.6 Å². The van der Waals surface area contributed by atoms with Crippen LogP contribution in [0.2, 0.25) is 0 Å². The van der Waals surface area contributed by atoms with Crippen molar-refractivity contribution in [3.8, 4) is 6.07 Å². The van der Waals surface area contributed by atoms with Gasteiger partial charge >= 0.3 is 0 Å². The minimum atomic E-state index is 0.321. The molecule has 1 aromatic rings. The average Bonchev–Trinajstić information content (AvgIpc) is 1.99. The van der Waals surface area contributed by atoms with Gasteiger partial charge in [0, 0.05) is 17.3 Å². The molecule has 1 fully saturated rings. The lowest BCUT2D eigenvalue weighted by atomic mass is 9.82. The summed E-state index contributed by atoms with van der Waals surface area (Å²) >= 11 is 0. The molecule has 0 saturated heterocycles. The SMILES string of the molecule is Cc1cc(C2CCC2)nc(CC#N)n1. The number of rotatable bonds is 2. The fraction of sp³-hybridized carbons (Fsp3) is 0.545. The number of nitriles is 1. The molecule has 72 valence electrons. The minimum absolute atomic E-state index is 0.321. The highest BCUT2D eigenvalue weighted by Gasteiger charge is 2.21. The molecule has 0 bridgehead atoms. The van der Waals surface area contributed by atoms with Crippen LogP contribution in [0.5, 0.6) is 0 Å². The molecule has 0 atom stereocenters. The molecule has 0 spiro atoms. The van der Waals surface area contributed by atoms with E-state index in [-0.39, 0.29) is 0 Å². The van der Waals surface area contributed by atoms with Crippen LogP contribution in [0.1, 0.15) is 42.4 Å². The largest absolute Gasteiger partial charge is 0.237 e. The molecule has 0 amide bonds. The predicted octanol–water partition coefficient (Wildman–Crippen LogP) is 2.12. The first-order chi connectivity index (χ1) is 6.79. The first-order valence-electron chi connectivity index (χ1n) is 5.01. The molecule has 0 aromatic carbocycles.